The van der Waals surface area contributed by atoms with E-state index < -0.39 is 0 Å². The summed E-state index contributed by atoms with van der Waals surface area (Å²) >= 11 is 0. The van der Waals surface area contributed by atoms with Crippen molar-refractivity contribution in [2.24, 2.45) is 0 Å². The highest BCUT2D eigenvalue weighted by Crippen LogP contribution is 2.28. The Bertz CT molecular complexity index is 496. The third kappa shape index (κ3) is 3.58. The summed E-state index contributed by atoms with van der Waals surface area (Å²) in [6.45, 7) is 2.89. The van der Waals surface area contributed by atoms with Crippen LogP contribution in [0.3, 0.4) is 0 Å². The summed E-state index contributed by atoms with van der Waals surface area (Å²) < 4.78 is 5.25. The van der Waals surface area contributed by atoms with Gasteiger partial charge in [0.05, 0.1) is 6.61 Å². The van der Waals surface area contributed by atoms with Crippen molar-refractivity contribution in [1.29, 1.82) is 0 Å². The van der Waals surface area contributed by atoms with Gasteiger partial charge in [-0.1, -0.05) is 55.5 Å². The number of hydrogen-bond donors (Lipinski definition) is 1. The first kappa shape index (κ1) is 13.6. The monoisotopic (exact) mass is 255 g/mol. The van der Waals surface area contributed by atoms with Crippen LogP contribution in [0.5, 0.6) is 0 Å². The zero-order chi connectivity index (χ0) is 13.5. The van der Waals surface area contributed by atoms with Crippen LogP contribution in [-0.4, -0.2) is 19.8 Å². The lowest BCUT2D eigenvalue weighted by molar-refractivity contribution is 0.184. The van der Waals surface area contributed by atoms with Gasteiger partial charge in [0.15, 0.2) is 0 Å². The predicted molar refractivity (Wildman–Crippen MR) is 81.5 cm³/mol. The van der Waals surface area contributed by atoms with Crippen LogP contribution in [0.15, 0.2) is 54.6 Å². The highest BCUT2D eigenvalue weighted by atomic mass is 16.5. The van der Waals surface area contributed by atoms with E-state index in [1.54, 1.807) is 7.11 Å². The average molecular weight is 255 g/mol. The fourth-order valence-electron chi connectivity index (χ4n) is 2.16. The summed E-state index contributed by atoms with van der Waals surface area (Å²) in [6.07, 6.45) is 1.04. The van der Waals surface area contributed by atoms with E-state index >= 15 is 0 Å². The van der Waals surface area contributed by atoms with Gasteiger partial charge in [0.2, 0.25) is 0 Å². The van der Waals surface area contributed by atoms with Gasteiger partial charge in [0.25, 0.3) is 0 Å². The molecule has 100 valence electrons. The number of nitrogens with one attached hydrogen (secondary N) is 1. The van der Waals surface area contributed by atoms with Crippen molar-refractivity contribution in [3.05, 3.63) is 54.6 Å². The second kappa shape index (κ2) is 6.95. The molecule has 0 spiro atoms. The minimum Gasteiger partial charge on any atom is -0.383 e. The topological polar surface area (TPSA) is 21.3 Å². The maximum Gasteiger partial charge on any atom is 0.0663 e. The lowest BCUT2D eigenvalue weighted by atomic mass is 10.0. The minimum absolute atomic E-state index is 0.342. The first-order valence-corrected chi connectivity index (χ1v) is 6.75. The zero-order valence-corrected chi connectivity index (χ0v) is 11.6. The van der Waals surface area contributed by atoms with E-state index in [0.717, 1.165) is 18.7 Å². The minimum atomic E-state index is 0.342. The third-order valence-corrected chi connectivity index (χ3v) is 3.23. The van der Waals surface area contributed by atoms with Crippen molar-refractivity contribution in [2.75, 3.05) is 19.0 Å². The lowest BCUT2D eigenvalue weighted by Gasteiger charge is -2.20. The molecule has 0 aromatic heterocycles. The van der Waals surface area contributed by atoms with Crippen molar-refractivity contribution < 1.29 is 4.74 Å². The molecular formula is C17H21NO. The van der Waals surface area contributed by atoms with Crippen LogP contribution in [-0.2, 0) is 4.74 Å². The number of para-hydroxylation sites is 1. The Balaban J connectivity index is 2.26. The summed E-state index contributed by atoms with van der Waals surface area (Å²) in [7, 11) is 1.74. The number of ether oxygens (including phenoxy) is 1. The summed E-state index contributed by atoms with van der Waals surface area (Å²) in [5.74, 6) is 0. The quantitative estimate of drug-likeness (QED) is 0.835. The maximum absolute atomic E-state index is 5.25. The Kier molecular flexibility index (Phi) is 4.99. The molecular weight excluding hydrogens is 234 g/mol. The number of methoxy groups -OCH3 is 1. The molecule has 0 bridgehead atoms. The molecule has 0 fully saturated rings. The van der Waals surface area contributed by atoms with Gasteiger partial charge in [-0.25, -0.2) is 0 Å². The van der Waals surface area contributed by atoms with E-state index in [1.807, 2.05) is 6.07 Å². The fourth-order valence-corrected chi connectivity index (χ4v) is 2.16. The van der Waals surface area contributed by atoms with E-state index in [9.17, 15) is 0 Å². The van der Waals surface area contributed by atoms with E-state index in [1.165, 1.54) is 11.1 Å². The molecule has 0 aliphatic heterocycles. The van der Waals surface area contributed by atoms with Gasteiger partial charge in [-0.15, -0.1) is 0 Å². The van der Waals surface area contributed by atoms with Crippen LogP contribution in [0.1, 0.15) is 13.3 Å². The van der Waals surface area contributed by atoms with E-state index in [4.69, 9.17) is 4.74 Å². The van der Waals surface area contributed by atoms with Crippen LogP contribution < -0.4 is 5.32 Å². The molecule has 2 rings (SSSR count). The molecule has 0 heterocycles. The summed E-state index contributed by atoms with van der Waals surface area (Å²) in [4.78, 5) is 0. The summed E-state index contributed by atoms with van der Waals surface area (Å²) in [6, 6.07) is 19.2. The predicted octanol–water partition coefficient (Wildman–Crippen LogP) is 4.19. The van der Waals surface area contributed by atoms with Gasteiger partial charge in [-0.05, 0) is 18.1 Å². The second-order valence-corrected chi connectivity index (χ2v) is 4.62. The molecule has 1 atom stereocenters. The molecule has 2 heteroatoms. The SMILES string of the molecule is CCC(COC)Nc1ccccc1-c1ccccc1. The standard InChI is InChI=1S/C17H21NO/c1-3-15(13-19-2)18-17-12-8-7-11-16(17)14-9-5-4-6-10-14/h4-12,15,18H,3,13H2,1-2H3. The Labute approximate surface area is 115 Å². The van der Waals surface area contributed by atoms with Gasteiger partial charge in [-0.3, -0.25) is 0 Å². The number of hydrogen-bond acceptors (Lipinski definition) is 2. The Hall–Kier alpha value is -1.80. The molecule has 0 amide bonds. The normalized spacial score (nSPS) is 12.1. The van der Waals surface area contributed by atoms with Crippen LogP contribution in [0.25, 0.3) is 11.1 Å². The number of benzene rings is 2. The summed E-state index contributed by atoms with van der Waals surface area (Å²) in [5, 5.41) is 3.57. The summed E-state index contributed by atoms with van der Waals surface area (Å²) in [5.41, 5.74) is 3.63. The van der Waals surface area contributed by atoms with Crippen molar-refractivity contribution in [3.8, 4) is 11.1 Å². The van der Waals surface area contributed by atoms with E-state index in [0.29, 0.717) is 6.04 Å². The molecule has 2 nitrogen and oxygen atoms in total. The second-order valence-electron chi connectivity index (χ2n) is 4.62. The molecule has 0 aliphatic carbocycles. The van der Waals surface area contributed by atoms with Gasteiger partial charge in [-0.2, -0.15) is 0 Å². The highest BCUT2D eigenvalue weighted by Gasteiger charge is 2.09. The fraction of sp³-hybridized carbons (Fsp3) is 0.294. The van der Waals surface area contributed by atoms with Crippen molar-refractivity contribution in [3.63, 3.8) is 0 Å². The van der Waals surface area contributed by atoms with Crippen LogP contribution in [0.4, 0.5) is 5.69 Å². The van der Waals surface area contributed by atoms with Crippen molar-refractivity contribution in [1.82, 2.24) is 0 Å². The molecule has 0 saturated heterocycles. The Morgan fingerprint density at radius 1 is 1.00 bits per heavy atom. The molecule has 1 N–H and O–H groups in total. The van der Waals surface area contributed by atoms with Crippen molar-refractivity contribution in [2.45, 2.75) is 19.4 Å². The Morgan fingerprint density at radius 2 is 1.68 bits per heavy atom. The van der Waals surface area contributed by atoms with E-state index in [2.05, 4.69) is 60.8 Å². The molecule has 0 aliphatic rings. The highest BCUT2D eigenvalue weighted by molar-refractivity contribution is 5.77. The van der Waals surface area contributed by atoms with Crippen molar-refractivity contribution >= 4 is 5.69 Å². The average Bonchev–Trinajstić information content (AvgIpc) is 2.48. The molecule has 2 aromatic carbocycles. The number of rotatable bonds is 6. The zero-order valence-electron chi connectivity index (χ0n) is 11.6. The van der Waals surface area contributed by atoms with Gasteiger partial charge in [0.1, 0.15) is 0 Å². The molecule has 1 unspecified atom stereocenters. The first-order chi connectivity index (χ1) is 9.35. The molecule has 19 heavy (non-hydrogen) atoms. The van der Waals surface area contributed by atoms with Crippen LogP contribution >= 0.6 is 0 Å². The molecule has 2 aromatic rings. The van der Waals surface area contributed by atoms with Crippen LogP contribution in [0.2, 0.25) is 0 Å². The third-order valence-electron chi connectivity index (χ3n) is 3.23. The van der Waals surface area contributed by atoms with Gasteiger partial charge < -0.3 is 10.1 Å². The molecule has 0 saturated carbocycles. The van der Waals surface area contributed by atoms with Crippen LogP contribution in [0, 0.1) is 0 Å². The van der Waals surface area contributed by atoms with E-state index in [-0.39, 0.29) is 0 Å². The van der Waals surface area contributed by atoms with Gasteiger partial charge in [0, 0.05) is 24.4 Å². The molecule has 0 radical (unpaired) electrons. The number of anilines is 1. The largest absolute Gasteiger partial charge is 0.383 e. The lowest BCUT2D eigenvalue weighted by Crippen LogP contribution is -2.24. The smallest absolute Gasteiger partial charge is 0.0663 e. The first-order valence-electron chi connectivity index (χ1n) is 6.75. The maximum atomic E-state index is 5.25. The Morgan fingerprint density at radius 3 is 2.37 bits per heavy atom. The van der Waals surface area contributed by atoms with Gasteiger partial charge >= 0.3 is 0 Å².